The summed E-state index contributed by atoms with van der Waals surface area (Å²) in [5.41, 5.74) is -1.41. The van der Waals surface area contributed by atoms with Crippen LogP contribution in [0.5, 0.6) is 5.75 Å². The number of amides is 3. The molecule has 3 aliphatic heterocycles. The van der Waals surface area contributed by atoms with E-state index in [4.69, 9.17) is 9.47 Å². The average Bonchev–Trinajstić information content (AvgIpc) is 3.43. The number of rotatable bonds is 9. The topological polar surface area (TPSA) is 117 Å². The Labute approximate surface area is 231 Å². The van der Waals surface area contributed by atoms with Gasteiger partial charge >= 0.3 is 0 Å². The molecule has 1 spiro atoms. The van der Waals surface area contributed by atoms with Gasteiger partial charge < -0.3 is 30.1 Å². The van der Waals surface area contributed by atoms with E-state index in [1.54, 1.807) is 29.2 Å². The summed E-state index contributed by atoms with van der Waals surface area (Å²) < 4.78 is 12.3. The Balaban J connectivity index is 1.48. The van der Waals surface area contributed by atoms with Crippen molar-refractivity contribution >= 4 is 23.4 Å². The highest BCUT2D eigenvalue weighted by atomic mass is 16.5. The molecule has 5 rings (SSSR count). The van der Waals surface area contributed by atoms with Gasteiger partial charge in [-0.05, 0) is 69.7 Å². The molecule has 3 heterocycles. The number of carbonyl (C=O) groups is 3. The van der Waals surface area contributed by atoms with Crippen LogP contribution >= 0.6 is 0 Å². The number of carbonyl (C=O) groups excluding carboxylic acids is 3. The van der Waals surface area contributed by atoms with Gasteiger partial charge in [0.05, 0.1) is 36.7 Å². The maximum absolute atomic E-state index is 14.2. The molecular formula is C30H43N3O6. The van der Waals surface area contributed by atoms with E-state index in [0.717, 1.165) is 25.7 Å². The second-order valence-corrected chi connectivity index (χ2v) is 12.0. The second kappa shape index (κ2) is 10.7. The highest BCUT2D eigenvalue weighted by Gasteiger charge is 2.80. The fourth-order valence-electron chi connectivity index (χ4n) is 7.73. The Kier molecular flexibility index (Phi) is 7.68. The summed E-state index contributed by atoms with van der Waals surface area (Å²) in [4.78, 5) is 43.7. The van der Waals surface area contributed by atoms with Gasteiger partial charge in [0.15, 0.2) is 0 Å². The van der Waals surface area contributed by atoms with Gasteiger partial charge in [-0.25, -0.2) is 0 Å². The largest absolute Gasteiger partial charge is 0.494 e. The molecule has 3 amide bonds. The lowest BCUT2D eigenvalue weighted by atomic mass is 9.62. The van der Waals surface area contributed by atoms with Crippen LogP contribution in [0.1, 0.15) is 72.6 Å². The van der Waals surface area contributed by atoms with Crippen molar-refractivity contribution in [2.24, 2.45) is 17.8 Å². The van der Waals surface area contributed by atoms with Gasteiger partial charge in [-0.2, -0.15) is 0 Å². The van der Waals surface area contributed by atoms with E-state index < -0.39 is 35.1 Å². The minimum Gasteiger partial charge on any atom is -0.494 e. The Morgan fingerprint density at radius 3 is 2.46 bits per heavy atom. The fraction of sp³-hybridized carbons (Fsp3) is 0.700. The standard InChI is InChI=1S/C30H43N3O6/c1-5-21(17-34)33-25(27(36)32-19-10-8-7-9-11-19)30-16-18(3)29(4,39-30)23(24(30)28(33)37)26(35)31-20-12-14-22(15-13-20)38-6-2/h12-15,18-19,21,23-25,34H,5-11,16-17H2,1-4H3,(H,31,35)(H,32,36)/t18?,21-,23+,24-,25?,29-,30?/m0/s1. The predicted molar refractivity (Wildman–Crippen MR) is 146 cm³/mol. The number of nitrogens with zero attached hydrogens (tertiary/aromatic N) is 1. The molecule has 4 fully saturated rings. The monoisotopic (exact) mass is 541 g/mol. The first-order valence-electron chi connectivity index (χ1n) is 14.7. The molecule has 9 heteroatoms. The summed E-state index contributed by atoms with van der Waals surface area (Å²) in [6, 6.07) is 5.80. The van der Waals surface area contributed by atoms with Gasteiger partial charge in [-0.1, -0.05) is 33.1 Å². The quantitative estimate of drug-likeness (QED) is 0.442. The van der Waals surface area contributed by atoms with Gasteiger partial charge in [-0.3, -0.25) is 14.4 Å². The third-order valence-corrected chi connectivity index (χ3v) is 9.74. The molecule has 3 unspecified atom stereocenters. The maximum Gasteiger partial charge on any atom is 0.246 e. The van der Waals surface area contributed by atoms with Gasteiger partial charge in [0.1, 0.15) is 17.4 Å². The zero-order valence-corrected chi connectivity index (χ0v) is 23.6. The Bertz CT molecular complexity index is 1080. The second-order valence-electron chi connectivity index (χ2n) is 12.0. The number of benzene rings is 1. The number of aliphatic hydroxyl groups is 1. The van der Waals surface area contributed by atoms with Crippen LogP contribution in [0.4, 0.5) is 5.69 Å². The number of aliphatic hydroxyl groups excluding tert-OH is 1. The Hall–Kier alpha value is -2.65. The molecule has 2 bridgehead atoms. The normalized spacial score (nSPS) is 34.6. The smallest absolute Gasteiger partial charge is 0.246 e. The van der Waals surface area contributed by atoms with Crippen molar-refractivity contribution in [3.05, 3.63) is 24.3 Å². The van der Waals surface area contributed by atoms with E-state index in [1.807, 2.05) is 27.7 Å². The minimum atomic E-state index is -1.12. The molecule has 39 heavy (non-hydrogen) atoms. The summed E-state index contributed by atoms with van der Waals surface area (Å²) >= 11 is 0. The van der Waals surface area contributed by atoms with Crippen LogP contribution in [-0.4, -0.2) is 70.3 Å². The number of hydrogen-bond donors (Lipinski definition) is 3. The fourth-order valence-corrected chi connectivity index (χ4v) is 7.73. The molecule has 3 saturated heterocycles. The molecule has 1 aliphatic carbocycles. The number of ether oxygens (including phenoxy) is 2. The summed E-state index contributed by atoms with van der Waals surface area (Å²) in [5.74, 6) is -1.71. The maximum atomic E-state index is 14.2. The first kappa shape index (κ1) is 27.9. The number of likely N-dealkylation sites (tertiary alicyclic amines) is 1. The van der Waals surface area contributed by atoms with E-state index in [2.05, 4.69) is 10.6 Å². The van der Waals surface area contributed by atoms with Crippen molar-refractivity contribution in [3.63, 3.8) is 0 Å². The molecular weight excluding hydrogens is 498 g/mol. The lowest BCUT2D eigenvalue weighted by molar-refractivity contribution is -0.150. The van der Waals surface area contributed by atoms with Crippen molar-refractivity contribution in [1.82, 2.24) is 10.2 Å². The molecule has 7 atom stereocenters. The molecule has 1 aromatic carbocycles. The van der Waals surface area contributed by atoms with E-state index in [-0.39, 0.29) is 36.3 Å². The van der Waals surface area contributed by atoms with Gasteiger partial charge in [0.2, 0.25) is 17.7 Å². The molecule has 4 aliphatic rings. The van der Waals surface area contributed by atoms with E-state index in [9.17, 15) is 19.5 Å². The van der Waals surface area contributed by atoms with Crippen molar-refractivity contribution in [1.29, 1.82) is 0 Å². The van der Waals surface area contributed by atoms with Crippen LogP contribution in [0.15, 0.2) is 24.3 Å². The summed E-state index contributed by atoms with van der Waals surface area (Å²) in [7, 11) is 0. The molecule has 9 nitrogen and oxygen atoms in total. The zero-order chi connectivity index (χ0) is 27.9. The molecule has 214 valence electrons. The van der Waals surface area contributed by atoms with Crippen molar-refractivity contribution in [3.8, 4) is 5.75 Å². The highest BCUT2D eigenvalue weighted by Crippen LogP contribution is 2.65. The number of fused-ring (bicyclic) bond motifs is 1. The highest BCUT2D eigenvalue weighted by molar-refractivity contribution is 6.02. The van der Waals surface area contributed by atoms with Crippen LogP contribution in [0.25, 0.3) is 0 Å². The third kappa shape index (κ3) is 4.51. The Morgan fingerprint density at radius 2 is 1.85 bits per heavy atom. The lowest BCUT2D eigenvalue weighted by Gasteiger charge is -2.37. The van der Waals surface area contributed by atoms with Crippen LogP contribution in [-0.2, 0) is 19.1 Å². The summed E-state index contributed by atoms with van der Waals surface area (Å²) in [6.07, 6.45) is 6.14. The van der Waals surface area contributed by atoms with Gasteiger partial charge in [0, 0.05) is 11.7 Å². The zero-order valence-electron chi connectivity index (χ0n) is 23.6. The predicted octanol–water partition coefficient (Wildman–Crippen LogP) is 3.25. The van der Waals surface area contributed by atoms with E-state index in [0.29, 0.717) is 30.9 Å². The molecule has 0 radical (unpaired) electrons. The minimum absolute atomic E-state index is 0.0447. The van der Waals surface area contributed by atoms with E-state index >= 15 is 0 Å². The molecule has 1 aromatic rings. The molecule has 3 N–H and O–H groups in total. The summed E-state index contributed by atoms with van der Waals surface area (Å²) in [5, 5.41) is 16.5. The first-order chi connectivity index (χ1) is 18.7. The van der Waals surface area contributed by atoms with Crippen LogP contribution in [0.2, 0.25) is 0 Å². The number of nitrogens with one attached hydrogen (secondary N) is 2. The van der Waals surface area contributed by atoms with Crippen molar-refractivity contribution in [2.75, 3.05) is 18.5 Å². The van der Waals surface area contributed by atoms with Crippen LogP contribution in [0.3, 0.4) is 0 Å². The van der Waals surface area contributed by atoms with Crippen molar-refractivity contribution < 1.29 is 29.0 Å². The molecule has 1 saturated carbocycles. The van der Waals surface area contributed by atoms with Crippen LogP contribution in [0, 0.1) is 17.8 Å². The van der Waals surface area contributed by atoms with Crippen molar-refractivity contribution in [2.45, 2.75) is 102 Å². The van der Waals surface area contributed by atoms with Crippen LogP contribution < -0.4 is 15.4 Å². The SMILES string of the molecule is CCOc1ccc(NC(=O)[C@H]2[C@H]3C(=O)N([C@@H](CC)CO)C(C(=O)NC4CCCCC4)C34CC(C)[C@]2(C)O4)cc1. The average molecular weight is 542 g/mol. The number of anilines is 1. The number of hydrogen-bond acceptors (Lipinski definition) is 6. The van der Waals surface area contributed by atoms with Gasteiger partial charge in [0.25, 0.3) is 0 Å². The Morgan fingerprint density at radius 1 is 1.15 bits per heavy atom. The lowest BCUT2D eigenvalue weighted by Crippen LogP contribution is -2.59. The molecule has 0 aromatic heterocycles. The summed E-state index contributed by atoms with van der Waals surface area (Å²) in [6.45, 7) is 8.04. The van der Waals surface area contributed by atoms with E-state index in [1.165, 1.54) is 6.42 Å². The first-order valence-corrected chi connectivity index (χ1v) is 14.7. The third-order valence-electron chi connectivity index (χ3n) is 9.74. The van der Waals surface area contributed by atoms with Gasteiger partial charge in [-0.15, -0.1) is 0 Å².